The molecule has 0 bridgehead atoms. The van der Waals surface area contributed by atoms with Crippen LogP contribution in [0.15, 0.2) is 42.5 Å². The first kappa shape index (κ1) is 17.2. The van der Waals surface area contributed by atoms with Crippen molar-refractivity contribution >= 4 is 29.1 Å². The van der Waals surface area contributed by atoms with Crippen molar-refractivity contribution in [2.75, 3.05) is 6.54 Å². The van der Waals surface area contributed by atoms with Crippen LogP contribution in [0.5, 0.6) is 0 Å². The predicted molar refractivity (Wildman–Crippen MR) is 92.1 cm³/mol. The quantitative estimate of drug-likeness (QED) is 0.777. The van der Waals surface area contributed by atoms with Crippen LogP contribution in [0.3, 0.4) is 0 Å². The molecule has 1 heterocycles. The largest absolute Gasteiger partial charge is 0.352 e. The van der Waals surface area contributed by atoms with Crippen molar-refractivity contribution in [2.24, 2.45) is 5.92 Å². The van der Waals surface area contributed by atoms with E-state index in [2.05, 4.69) is 16.2 Å². The van der Waals surface area contributed by atoms with E-state index in [1.54, 1.807) is 18.2 Å². The van der Waals surface area contributed by atoms with E-state index >= 15 is 0 Å². The predicted octanol–water partition coefficient (Wildman–Crippen LogP) is 3.21. The summed E-state index contributed by atoms with van der Waals surface area (Å²) in [5, 5.41) is 3.81. The summed E-state index contributed by atoms with van der Waals surface area (Å²) in [7, 11) is 0. The summed E-state index contributed by atoms with van der Waals surface area (Å²) >= 11 is 11.9. The number of carbonyl (C=O) groups excluding carboxylic acids is 1. The second-order valence-electron chi connectivity index (χ2n) is 5.61. The van der Waals surface area contributed by atoms with Gasteiger partial charge in [-0.25, -0.2) is 9.82 Å². The van der Waals surface area contributed by atoms with Crippen molar-refractivity contribution in [2.45, 2.75) is 12.6 Å². The number of hydrogen-bond donors (Lipinski definition) is 3. The zero-order valence-electron chi connectivity index (χ0n) is 12.7. The second kappa shape index (κ2) is 7.49. The Morgan fingerprint density at radius 2 is 1.96 bits per heavy atom. The zero-order valence-corrected chi connectivity index (χ0v) is 14.2. The normalized spacial score (nSPS) is 20.1. The molecule has 2 aromatic rings. The minimum absolute atomic E-state index is 0.104. The van der Waals surface area contributed by atoms with Crippen LogP contribution < -0.4 is 16.2 Å². The molecule has 2 atom stereocenters. The van der Waals surface area contributed by atoms with Gasteiger partial charge >= 0.3 is 0 Å². The first-order valence-corrected chi connectivity index (χ1v) is 8.25. The van der Waals surface area contributed by atoms with Gasteiger partial charge in [-0.1, -0.05) is 41.4 Å². The maximum absolute atomic E-state index is 13.1. The Morgan fingerprint density at radius 1 is 1.21 bits per heavy atom. The Hall–Kier alpha value is -1.66. The molecular weight excluding hydrogens is 352 g/mol. The van der Waals surface area contributed by atoms with Gasteiger partial charge in [-0.05, 0) is 35.4 Å². The fraction of sp³-hybridized carbons (Fsp3) is 0.235. The molecule has 7 heteroatoms. The SMILES string of the molecule is O=C(NCc1ccc(F)cc1Cl)C1CNNC1c1ccc(Cl)cc1. The van der Waals surface area contributed by atoms with Gasteiger partial charge in [-0.3, -0.25) is 10.2 Å². The van der Waals surface area contributed by atoms with Crippen molar-refractivity contribution in [1.29, 1.82) is 0 Å². The maximum atomic E-state index is 13.1. The van der Waals surface area contributed by atoms with Gasteiger partial charge in [-0.15, -0.1) is 0 Å². The van der Waals surface area contributed by atoms with Gasteiger partial charge < -0.3 is 5.32 Å². The standard InChI is InChI=1S/C17H16Cl2FN3O/c18-12-4-1-10(2-5-12)16-14(9-22-23-16)17(24)21-8-11-3-6-13(20)7-15(11)19/h1-7,14,16,22-23H,8-9H2,(H,21,24). The third-order valence-electron chi connectivity index (χ3n) is 4.02. The van der Waals surface area contributed by atoms with E-state index in [1.807, 2.05) is 12.1 Å². The van der Waals surface area contributed by atoms with Crippen LogP contribution in [0.4, 0.5) is 4.39 Å². The lowest BCUT2D eigenvalue weighted by Gasteiger charge is -2.18. The molecular formula is C17H16Cl2FN3O. The van der Waals surface area contributed by atoms with Crippen LogP contribution in [-0.4, -0.2) is 12.5 Å². The molecule has 0 saturated carbocycles. The first-order chi connectivity index (χ1) is 11.5. The Balaban J connectivity index is 1.66. The minimum atomic E-state index is -0.401. The molecule has 0 aromatic heterocycles. The van der Waals surface area contributed by atoms with Gasteiger partial charge in [0.1, 0.15) is 5.82 Å². The molecule has 1 aliphatic rings. The Kier molecular flexibility index (Phi) is 5.36. The number of halogens is 3. The highest BCUT2D eigenvalue weighted by atomic mass is 35.5. The van der Waals surface area contributed by atoms with Crippen LogP contribution in [0.25, 0.3) is 0 Å². The maximum Gasteiger partial charge on any atom is 0.226 e. The molecule has 4 nitrogen and oxygen atoms in total. The smallest absolute Gasteiger partial charge is 0.226 e. The van der Waals surface area contributed by atoms with Crippen LogP contribution in [-0.2, 0) is 11.3 Å². The Labute approximate surface area is 149 Å². The fourth-order valence-electron chi connectivity index (χ4n) is 2.71. The van der Waals surface area contributed by atoms with Gasteiger partial charge in [0.05, 0.1) is 12.0 Å². The average Bonchev–Trinajstić information content (AvgIpc) is 3.04. The Bertz CT molecular complexity index is 739. The van der Waals surface area contributed by atoms with E-state index in [0.29, 0.717) is 22.2 Å². The molecule has 1 saturated heterocycles. The van der Waals surface area contributed by atoms with Crippen molar-refractivity contribution < 1.29 is 9.18 Å². The molecule has 1 fully saturated rings. The molecule has 3 rings (SSSR count). The summed E-state index contributed by atoms with van der Waals surface area (Å²) in [5.41, 5.74) is 7.78. The molecule has 1 aliphatic heterocycles. The second-order valence-corrected chi connectivity index (χ2v) is 6.46. The third-order valence-corrected chi connectivity index (χ3v) is 4.62. The van der Waals surface area contributed by atoms with Crippen LogP contribution in [0.2, 0.25) is 10.0 Å². The van der Waals surface area contributed by atoms with Gasteiger partial charge in [0.25, 0.3) is 0 Å². The summed E-state index contributed by atoms with van der Waals surface area (Å²) in [6, 6.07) is 11.4. The number of rotatable bonds is 4. The Morgan fingerprint density at radius 3 is 2.67 bits per heavy atom. The summed E-state index contributed by atoms with van der Waals surface area (Å²) in [6.07, 6.45) is 0. The van der Waals surface area contributed by atoms with Gasteiger partial charge in [-0.2, -0.15) is 0 Å². The van der Waals surface area contributed by atoms with E-state index in [4.69, 9.17) is 23.2 Å². The highest BCUT2D eigenvalue weighted by Crippen LogP contribution is 2.26. The molecule has 126 valence electrons. The number of amides is 1. The van der Waals surface area contributed by atoms with Gasteiger partial charge in [0.2, 0.25) is 5.91 Å². The van der Waals surface area contributed by atoms with Gasteiger partial charge in [0, 0.05) is 23.1 Å². The van der Waals surface area contributed by atoms with Crippen molar-refractivity contribution in [1.82, 2.24) is 16.2 Å². The highest BCUT2D eigenvalue weighted by molar-refractivity contribution is 6.31. The number of nitrogens with one attached hydrogen (secondary N) is 3. The molecule has 2 unspecified atom stereocenters. The van der Waals surface area contributed by atoms with Crippen molar-refractivity contribution in [3.05, 3.63) is 69.5 Å². The highest BCUT2D eigenvalue weighted by Gasteiger charge is 2.33. The molecule has 2 aromatic carbocycles. The van der Waals surface area contributed by atoms with Crippen LogP contribution >= 0.6 is 23.2 Å². The number of benzene rings is 2. The third kappa shape index (κ3) is 3.87. The molecule has 1 amide bonds. The lowest BCUT2D eigenvalue weighted by Crippen LogP contribution is -2.34. The topological polar surface area (TPSA) is 53.2 Å². The summed E-state index contributed by atoms with van der Waals surface area (Å²) in [5.74, 6) is -0.777. The fourth-order valence-corrected chi connectivity index (χ4v) is 3.07. The summed E-state index contributed by atoms with van der Waals surface area (Å²) in [4.78, 5) is 12.5. The number of carbonyl (C=O) groups is 1. The molecule has 0 radical (unpaired) electrons. The van der Waals surface area contributed by atoms with Crippen LogP contribution in [0, 0.1) is 11.7 Å². The van der Waals surface area contributed by atoms with Crippen LogP contribution in [0.1, 0.15) is 17.2 Å². The molecule has 0 aliphatic carbocycles. The van der Waals surface area contributed by atoms with Gasteiger partial charge in [0.15, 0.2) is 0 Å². The monoisotopic (exact) mass is 367 g/mol. The van der Waals surface area contributed by atoms with Crippen molar-refractivity contribution in [3.8, 4) is 0 Å². The van der Waals surface area contributed by atoms with E-state index in [-0.39, 0.29) is 24.4 Å². The average molecular weight is 368 g/mol. The first-order valence-electron chi connectivity index (χ1n) is 7.50. The summed E-state index contributed by atoms with van der Waals surface area (Å²) < 4.78 is 13.1. The number of hydrazine groups is 1. The van der Waals surface area contributed by atoms with E-state index in [9.17, 15) is 9.18 Å². The zero-order chi connectivity index (χ0) is 17.1. The van der Waals surface area contributed by atoms with E-state index in [1.165, 1.54) is 12.1 Å². The molecule has 0 spiro atoms. The van der Waals surface area contributed by atoms with Crippen molar-refractivity contribution in [3.63, 3.8) is 0 Å². The van der Waals surface area contributed by atoms with E-state index < -0.39 is 5.82 Å². The lowest BCUT2D eigenvalue weighted by molar-refractivity contribution is -0.125. The number of hydrogen-bond acceptors (Lipinski definition) is 3. The molecule has 3 N–H and O–H groups in total. The summed E-state index contributed by atoms with van der Waals surface area (Å²) in [6.45, 7) is 0.762. The minimum Gasteiger partial charge on any atom is -0.352 e. The molecule has 24 heavy (non-hydrogen) atoms. The van der Waals surface area contributed by atoms with E-state index in [0.717, 1.165) is 5.56 Å². The lowest BCUT2D eigenvalue weighted by atomic mass is 9.94.